The van der Waals surface area contributed by atoms with Crippen molar-refractivity contribution in [2.24, 2.45) is 40.4 Å². The lowest BCUT2D eigenvalue weighted by Gasteiger charge is -2.58. The van der Waals surface area contributed by atoms with Gasteiger partial charge in [-0.25, -0.2) is 4.79 Å². The molecular formula is C49H86N2O5. The van der Waals surface area contributed by atoms with Gasteiger partial charge in [0, 0.05) is 32.5 Å². The molecule has 2 amide bonds. The zero-order valence-corrected chi connectivity index (χ0v) is 36.9. The summed E-state index contributed by atoms with van der Waals surface area (Å²) >= 11 is 0. The summed E-state index contributed by atoms with van der Waals surface area (Å²) in [6.07, 6.45) is 33.4. The number of allylic oxidation sites excluding steroid dienone is 1. The topological polar surface area (TPSA) is 88.1 Å². The van der Waals surface area contributed by atoms with E-state index < -0.39 is 6.10 Å². The van der Waals surface area contributed by atoms with Crippen molar-refractivity contribution < 1.29 is 24.2 Å². The minimum atomic E-state index is -0.408. The number of hydrogen-bond donors (Lipinski definition) is 2. The lowest BCUT2D eigenvalue weighted by Crippen LogP contribution is -2.50. The van der Waals surface area contributed by atoms with Gasteiger partial charge in [-0.1, -0.05) is 123 Å². The number of fused-ring (bicyclic) bond motifs is 5. The highest BCUT2D eigenvalue weighted by Crippen LogP contribution is 2.67. The molecule has 4 aliphatic carbocycles. The van der Waals surface area contributed by atoms with E-state index in [1.807, 2.05) is 11.8 Å². The number of ether oxygens (including phenoxy) is 2. The molecule has 0 aromatic heterocycles. The fourth-order valence-electron chi connectivity index (χ4n) is 12.6. The van der Waals surface area contributed by atoms with Crippen LogP contribution < -0.4 is 5.32 Å². The molecule has 9 atom stereocenters. The van der Waals surface area contributed by atoms with E-state index in [0.717, 1.165) is 68.2 Å². The van der Waals surface area contributed by atoms with Crippen molar-refractivity contribution in [3.63, 3.8) is 0 Å². The van der Waals surface area contributed by atoms with Crippen LogP contribution in [0.4, 0.5) is 4.79 Å². The maximum Gasteiger partial charge on any atom is 0.407 e. The third-order valence-corrected chi connectivity index (χ3v) is 15.9. The van der Waals surface area contributed by atoms with Crippen molar-refractivity contribution in [3.05, 3.63) is 11.6 Å². The minimum absolute atomic E-state index is 0.0306. The van der Waals surface area contributed by atoms with Crippen LogP contribution in [-0.2, 0) is 14.3 Å². The van der Waals surface area contributed by atoms with Crippen LogP contribution >= 0.6 is 0 Å². The van der Waals surface area contributed by atoms with E-state index in [1.165, 1.54) is 122 Å². The second-order valence-corrected chi connectivity index (χ2v) is 20.2. The van der Waals surface area contributed by atoms with Gasteiger partial charge in [0.05, 0.1) is 18.8 Å². The Kier molecular flexibility index (Phi) is 18.4. The predicted octanol–water partition coefficient (Wildman–Crippen LogP) is 11.9. The maximum atomic E-state index is 12.8. The number of unbranched alkanes of at least 4 members (excludes halogenated alkanes) is 12. The molecule has 0 bridgehead atoms. The summed E-state index contributed by atoms with van der Waals surface area (Å²) in [6, 6.07) is 0.0373. The van der Waals surface area contributed by atoms with Gasteiger partial charge in [0.2, 0.25) is 5.91 Å². The molecule has 2 N–H and O–H groups in total. The van der Waals surface area contributed by atoms with E-state index in [-0.39, 0.29) is 24.1 Å². The fourth-order valence-corrected chi connectivity index (χ4v) is 12.6. The Balaban J connectivity index is 0.842. The molecule has 3 saturated carbocycles. The first kappa shape index (κ1) is 45.5. The monoisotopic (exact) mass is 783 g/mol. The highest BCUT2D eigenvalue weighted by Gasteiger charge is 2.58. The lowest BCUT2D eigenvalue weighted by molar-refractivity contribution is -0.133. The first-order chi connectivity index (χ1) is 27.0. The van der Waals surface area contributed by atoms with Crippen LogP contribution in [-0.4, -0.2) is 66.6 Å². The van der Waals surface area contributed by atoms with Gasteiger partial charge in [0.1, 0.15) is 6.10 Å². The molecule has 0 aromatic rings. The SMILES string of the molecule is CCOC[C@@H]1C[C@@H](O)CN1C(=O)CCCCCCCCCCCCCCCNC(=O)O[C@H]1CC[C@@]2(C)C(=CCC3C4CCC(CCCC(C)C)[C@@]4(C)CCC32)C1. The van der Waals surface area contributed by atoms with E-state index in [1.54, 1.807) is 5.57 Å². The smallest absolute Gasteiger partial charge is 0.407 e. The van der Waals surface area contributed by atoms with Gasteiger partial charge >= 0.3 is 6.09 Å². The van der Waals surface area contributed by atoms with Crippen LogP contribution in [0.15, 0.2) is 11.6 Å². The molecular weight excluding hydrogens is 697 g/mol. The first-order valence-electron chi connectivity index (χ1n) is 24.2. The van der Waals surface area contributed by atoms with Gasteiger partial charge in [-0.05, 0) is 118 Å². The minimum Gasteiger partial charge on any atom is -0.446 e. The Morgan fingerprint density at radius 3 is 2.23 bits per heavy atom. The molecule has 4 unspecified atom stereocenters. The summed E-state index contributed by atoms with van der Waals surface area (Å²) < 4.78 is 11.5. The number of rotatable bonds is 24. The average Bonchev–Trinajstić information content (AvgIpc) is 3.72. The summed E-state index contributed by atoms with van der Waals surface area (Å²) in [4.78, 5) is 27.3. The summed E-state index contributed by atoms with van der Waals surface area (Å²) in [5.41, 5.74) is 2.46. The van der Waals surface area contributed by atoms with Crippen LogP contribution in [0.5, 0.6) is 0 Å². The van der Waals surface area contributed by atoms with E-state index in [2.05, 4.69) is 39.1 Å². The van der Waals surface area contributed by atoms with Gasteiger partial charge in [0.15, 0.2) is 0 Å². The second-order valence-electron chi connectivity index (χ2n) is 20.2. The van der Waals surface area contributed by atoms with Crippen molar-refractivity contribution >= 4 is 12.0 Å². The molecule has 1 aliphatic heterocycles. The van der Waals surface area contributed by atoms with E-state index in [4.69, 9.17) is 9.47 Å². The summed E-state index contributed by atoms with van der Waals surface area (Å²) in [6.45, 7) is 14.3. The van der Waals surface area contributed by atoms with Crippen molar-refractivity contribution in [2.45, 2.75) is 220 Å². The number of nitrogens with one attached hydrogen (secondary N) is 1. The summed E-state index contributed by atoms with van der Waals surface area (Å²) in [7, 11) is 0. The third kappa shape index (κ3) is 12.5. The molecule has 322 valence electrons. The Labute approximate surface area is 343 Å². The van der Waals surface area contributed by atoms with Crippen LogP contribution in [0.1, 0.15) is 202 Å². The van der Waals surface area contributed by atoms with Crippen LogP contribution in [0.3, 0.4) is 0 Å². The van der Waals surface area contributed by atoms with Crippen molar-refractivity contribution in [2.75, 3.05) is 26.3 Å². The Morgan fingerprint density at radius 1 is 0.875 bits per heavy atom. The van der Waals surface area contributed by atoms with Crippen LogP contribution in [0, 0.1) is 40.4 Å². The van der Waals surface area contributed by atoms with Crippen molar-refractivity contribution in [3.8, 4) is 0 Å². The standard InChI is InChI=1S/C49H86N2O5/c1-6-55-36-40-34-41(52)35-51(40)46(53)23-18-16-14-12-10-8-7-9-11-13-15-17-19-32-50-47(54)56-42-28-30-49(5)39(33-42)24-26-43-44-27-25-38(22-20-21-37(2)3)48(44,4)31-29-45(43)49/h24,37-38,40-45,52H,6-23,25-36H2,1-5H3,(H,50,54)/t38?,40-,41+,42-,43?,44?,45?,48+,49-/m0/s1. The molecule has 5 rings (SSSR count). The van der Waals surface area contributed by atoms with Crippen LogP contribution in [0.25, 0.3) is 0 Å². The van der Waals surface area contributed by atoms with E-state index in [9.17, 15) is 14.7 Å². The zero-order valence-electron chi connectivity index (χ0n) is 36.9. The fraction of sp³-hybridized carbons (Fsp3) is 0.918. The Bertz CT molecular complexity index is 1220. The third-order valence-electron chi connectivity index (χ3n) is 15.9. The van der Waals surface area contributed by atoms with E-state index in [0.29, 0.717) is 43.4 Å². The van der Waals surface area contributed by atoms with Crippen molar-refractivity contribution in [1.82, 2.24) is 10.2 Å². The van der Waals surface area contributed by atoms with Gasteiger partial charge < -0.3 is 24.8 Å². The Morgan fingerprint density at radius 2 is 1.55 bits per heavy atom. The van der Waals surface area contributed by atoms with Gasteiger partial charge in [0.25, 0.3) is 0 Å². The lowest BCUT2D eigenvalue weighted by atomic mass is 9.47. The Hall–Kier alpha value is -1.60. The highest BCUT2D eigenvalue weighted by atomic mass is 16.6. The molecule has 0 aromatic carbocycles. The number of aliphatic hydroxyl groups excluding tert-OH is 1. The largest absolute Gasteiger partial charge is 0.446 e. The first-order valence-corrected chi connectivity index (χ1v) is 24.2. The number of β-amino-alcohol motifs (C(OH)–C–C–N with tert-alkyl or cyclic N) is 1. The van der Waals surface area contributed by atoms with Gasteiger partial charge in [-0.2, -0.15) is 0 Å². The summed E-state index contributed by atoms with van der Waals surface area (Å²) in [5, 5.41) is 13.1. The maximum absolute atomic E-state index is 12.8. The van der Waals surface area contributed by atoms with Gasteiger partial charge in [-0.15, -0.1) is 0 Å². The number of carbonyl (C=O) groups is 2. The molecule has 7 heteroatoms. The second kappa shape index (κ2) is 22.7. The number of hydrogen-bond acceptors (Lipinski definition) is 5. The zero-order chi connectivity index (χ0) is 40.0. The molecule has 5 aliphatic rings. The number of nitrogens with zero attached hydrogens (tertiary/aromatic N) is 1. The van der Waals surface area contributed by atoms with E-state index >= 15 is 0 Å². The predicted molar refractivity (Wildman–Crippen MR) is 229 cm³/mol. The van der Waals surface area contributed by atoms with Gasteiger partial charge in [-0.3, -0.25) is 4.79 Å². The van der Waals surface area contributed by atoms with Crippen molar-refractivity contribution in [1.29, 1.82) is 0 Å². The number of carbonyl (C=O) groups excluding carboxylic acids is 2. The normalized spacial score (nSPS) is 32.5. The quantitative estimate of drug-likeness (QED) is 0.0752. The highest BCUT2D eigenvalue weighted by molar-refractivity contribution is 5.77. The molecule has 4 fully saturated rings. The number of alkyl carbamates (subject to hydrolysis) is 1. The number of amides is 2. The molecule has 1 saturated heterocycles. The van der Waals surface area contributed by atoms with Crippen LogP contribution in [0.2, 0.25) is 0 Å². The molecule has 1 heterocycles. The molecule has 0 spiro atoms. The molecule has 7 nitrogen and oxygen atoms in total. The molecule has 0 radical (unpaired) electrons. The number of aliphatic hydroxyl groups is 1. The summed E-state index contributed by atoms with van der Waals surface area (Å²) in [5.74, 6) is 4.51. The molecule has 56 heavy (non-hydrogen) atoms. The average molecular weight is 783 g/mol. The number of likely N-dealkylation sites (tertiary alicyclic amines) is 1.